The second-order valence-electron chi connectivity index (χ2n) is 4.12. The van der Waals surface area contributed by atoms with Crippen LogP contribution in [0.25, 0.3) is 0 Å². The van der Waals surface area contributed by atoms with Gasteiger partial charge in [0.2, 0.25) is 5.91 Å². The lowest BCUT2D eigenvalue weighted by atomic mass is 10.4. The van der Waals surface area contributed by atoms with Crippen molar-refractivity contribution in [3.8, 4) is 0 Å². The highest BCUT2D eigenvalue weighted by molar-refractivity contribution is 7.80. The first kappa shape index (κ1) is 14.2. The largest absolute Gasteiger partial charge is 0.385 e. The Kier molecular flexibility index (Phi) is 6.88. The molecule has 1 rings (SSSR count). The van der Waals surface area contributed by atoms with Crippen molar-refractivity contribution in [3.05, 3.63) is 0 Å². The number of thiocarbonyl (C=S) groups is 1. The average Bonchev–Trinajstić information content (AvgIpc) is 3.08. The van der Waals surface area contributed by atoms with Crippen LogP contribution in [0.2, 0.25) is 0 Å². The van der Waals surface area contributed by atoms with Gasteiger partial charge in [-0.1, -0.05) is 0 Å². The van der Waals surface area contributed by atoms with Crippen molar-refractivity contribution in [2.75, 3.05) is 26.8 Å². The highest BCUT2D eigenvalue weighted by Gasteiger charge is 2.22. The number of hydrogen-bond acceptors (Lipinski definition) is 3. The van der Waals surface area contributed by atoms with E-state index in [2.05, 4.69) is 16.0 Å². The number of ether oxygens (including phenoxy) is 1. The minimum atomic E-state index is 0.0992. The van der Waals surface area contributed by atoms with Gasteiger partial charge >= 0.3 is 0 Å². The molecule has 3 N–H and O–H groups in total. The minimum Gasteiger partial charge on any atom is -0.385 e. The van der Waals surface area contributed by atoms with E-state index in [9.17, 15) is 4.79 Å². The number of amides is 1. The van der Waals surface area contributed by atoms with Crippen molar-refractivity contribution in [3.63, 3.8) is 0 Å². The normalized spacial score (nSPS) is 14.2. The first-order chi connectivity index (χ1) is 8.22. The number of carbonyl (C=O) groups is 1. The van der Waals surface area contributed by atoms with Gasteiger partial charge in [0.1, 0.15) is 0 Å². The van der Waals surface area contributed by atoms with E-state index in [0.717, 1.165) is 32.4 Å². The predicted molar refractivity (Wildman–Crippen MR) is 70.9 cm³/mol. The van der Waals surface area contributed by atoms with Crippen LogP contribution in [0, 0.1) is 0 Å². The lowest BCUT2D eigenvalue weighted by molar-refractivity contribution is -0.121. The maximum Gasteiger partial charge on any atom is 0.221 e. The van der Waals surface area contributed by atoms with Gasteiger partial charge in [0.25, 0.3) is 0 Å². The molecule has 1 fully saturated rings. The van der Waals surface area contributed by atoms with E-state index < -0.39 is 0 Å². The fourth-order valence-corrected chi connectivity index (χ4v) is 1.50. The Morgan fingerprint density at radius 1 is 1.35 bits per heavy atom. The van der Waals surface area contributed by atoms with Gasteiger partial charge in [0.15, 0.2) is 5.11 Å². The van der Waals surface area contributed by atoms with E-state index in [1.807, 2.05) is 0 Å². The number of rotatable bonds is 8. The van der Waals surface area contributed by atoms with Gasteiger partial charge in [0, 0.05) is 39.3 Å². The Balaban J connectivity index is 1.90. The lowest BCUT2D eigenvalue weighted by Gasteiger charge is -2.10. The fraction of sp³-hybridized carbons (Fsp3) is 0.818. The molecular formula is C11H21N3O2S. The molecule has 17 heavy (non-hydrogen) atoms. The molecule has 0 aromatic heterocycles. The molecule has 0 aromatic rings. The molecule has 1 saturated carbocycles. The van der Waals surface area contributed by atoms with Gasteiger partial charge in [-0.2, -0.15) is 0 Å². The third-order valence-electron chi connectivity index (χ3n) is 2.39. The smallest absolute Gasteiger partial charge is 0.221 e. The maximum atomic E-state index is 11.3. The molecule has 1 aliphatic rings. The van der Waals surface area contributed by atoms with E-state index in [4.69, 9.17) is 17.0 Å². The van der Waals surface area contributed by atoms with E-state index in [1.54, 1.807) is 7.11 Å². The molecule has 0 radical (unpaired) electrons. The number of methoxy groups -OCH3 is 1. The minimum absolute atomic E-state index is 0.0992. The molecule has 0 unspecified atom stereocenters. The van der Waals surface area contributed by atoms with Gasteiger partial charge in [-0.25, -0.2) is 0 Å². The molecule has 98 valence electrons. The van der Waals surface area contributed by atoms with Crippen LogP contribution in [0.1, 0.15) is 25.7 Å². The first-order valence-corrected chi connectivity index (χ1v) is 6.43. The highest BCUT2D eigenvalue weighted by Crippen LogP contribution is 2.18. The van der Waals surface area contributed by atoms with Crippen LogP contribution in [0.3, 0.4) is 0 Å². The quantitative estimate of drug-likeness (QED) is 0.428. The summed E-state index contributed by atoms with van der Waals surface area (Å²) in [6, 6.07) is 0.432. The summed E-state index contributed by atoms with van der Waals surface area (Å²) in [5.74, 6) is 0.0992. The molecular weight excluding hydrogens is 238 g/mol. The van der Waals surface area contributed by atoms with Crippen LogP contribution in [-0.2, 0) is 9.53 Å². The zero-order chi connectivity index (χ0) is 12.5. The summed E-state index contributed by atoms with van der Waals surface area (Å²) in [5, 5.41) is 9.58. The molecule has 0 aliphatic heterocycles. The Bertz CT molecular complexity index is 257. The standard InChI is InChI=1S/C11H21N3O2S/c1-16-8-2-6-12-11(17)13-7-5-10(15)14-9-3-4-9/h9H,2-8H2,1H3,(H,14,15)(H2,12,13,17). The summed E-state index contributed by atoms with van der Waals surface area (Å²) in [5.41, 5.74) is 0. The van der Waals surface area contributed by atoms with Crippen LogP contribution in [0.15, 0.2) is 0 Å². The summed E-state index contributed by atoms with van der Waals surface area (Å²) in [7, 11) is 1.68. The van der Waals surface area contributed by atoms with Crippen molar-refractivity contribution < 1.29 is 9.53 Å². The van der Waals surface area contributed by atoms with Crippen LogP contribution in [-0.4, -0.2) is 43.9 Å². The van der Waals surface area contributed by atoms with E-state index in [0.29, 0.717) is 24.1 Å². The Morgan fingerprint density at radius 2 is 2.06 bits per heavy atom. The molecule has 0 atom stereocenters. The van der Waals surface area contributed by atoms with Gasteiger partial charge in [0.05, 0.1) is 0 Å². The van der Waals surface area contributed by atoms with Gasteiger partial charge in [-0.05, 0) is 31.5 Å². The molecule has 0 spiro atoms. The molecule has 6 heteroatoms. The molecule has 0 saturated heterocycles. The first-order valence-electron chi connectivity index (χ1n) is 6.02. The maximum absolute atomic E-state index is 11.3. The second-order valence-corrected chi connectivity index (χ2v) is 4.53. The summed E-state index contributed by atoms with van der Waals surface area (Å²) >= 11 is 5.06. The zero-order valence-electron chi connectivity index (χ0n) is 10.3. The van der Waals surface area contributed by atoms with Crippen molar-refractivity contribution in [1.29, 1.82) is 0 Å². The summed E-state index contributed by atoms with van der Waals surface area (Å²) in [6.07, 6.45) is 3.63. The second kappa shape index (κ2) is 8.25. The average molecular weight is 259 g/mol. The highest BCUT2D eigenvalue weighted by atomic mass is 32.1. The zero-order valence-corrected chi connectivity index (χ0v) is 11.1. The summed E-state index contributed by atoms with van der Waals surface area (Å²) < 4.78 is 4.92. The van der Waals surface area contributed by atoms with Gasteiger partial charge < -0.3 is 20.7 Å². The predicted octanol–water partition coefficient (Wildman–Crippen LogP) is 0.156. The molecule has 5 nitrogen and oxygen atoms in total. The third-order valence-corrected chi connectivity index (χ3v) is 2.68. The molecule has 1 aliphatic carbocycles. The van der Waals surface area contributed by atoms with Gasteiger partial charge in [-0.15, -0.1) is 0 Å². The van der Waals surface area contributed by atoms with Crippen molar-refractivity contribution in [2.24, 2.45) is 0 Å². The van der Waals surface area contributed by atoms with Crippen LogP contribution >= 0.6 is 12.2 Å². The van der Waals surface area contributed by atoms with E-state index >= 15 is 0 Å². The van der Waals surface area contributed by atoms with Crippen LogP contribution < -0.4 is 16.0 Å². The molecule has 1 amide bonds. The molecule has 0 heterocycles. The Labute approximate surface area is 108 Å². The topological polar surface area (TPSA) is 62.4 Å². The number of carbonyl (C=O) groups excluding carboxylic acids is 1. The van der Waals surface area contributed by atoms with E-state index in [-0.39, 0.29) is 5.91 Å². The third kappa shape index (κ3) is 7.93. The Hall–Kier alpha value is -0.880. The molecule has 0 bridgehead atoms. The Morgan fingerprint density at radius 3 is 2.71 bits per heavy atom. The van der Waals surface area contributed by atoms with Gasteiger partial charge in [-0.3, -0.25) is 4.79 Å². The SMILES string of the molecule is COCCCNC(=S)NCCC(=O)NC1CC1. The molecule has 0 aromatic carbocycles. The van der Waals surface area contributed by atoms with Crippen LogP contribution in [0.4, 0.5) is 0 Å². The summed E-state index contributed by atoms with van der Waals surface area (Å²) in [4.78, 5) is 11.3. The van der Waals surface area contributed by atoms with Crippen molar-refractivity contribution in [1.82, 2.24) is 16.0 Å². The van der Waals surface area contributed by atoms with Crippen molar-refractivity contribution in [2.45, 2.75) is 31.7 Å². The summed E-state index contributed by atoms with van der Waals surface area (Å²) in [6.45, 7) is 2.09. The fourth-order valence-electron chi connectivity index (χ4n) is 1.30. The van der Waals surface area contributed by atoms with Crippen LogP contribution in [0.5, 0.6) is 0 Å². The van der Waals surface area contributed by atoms with E-state index in [1.165, 1.54) is 0 Å². The number of nitrogens with one attached hydrogen (secondary N) is 3. The monoisotopic (exact) mass is 259 g/mol. The number of hydrogen-bond donors (Lipinski definition) is 3. The van der Waals surface area contributed by atoms with Crippen molar-refractivity contribution >= 4 is 23.2 Å². The lowest BCUT2D eigenvalue weighted by Crippen LogP contribution is -2.38.